The second-order valence-electron chi connectivity index (χ2n) is 5.10. The van der Waals surface area contributed by atoms with Gasteiger partial charge in [-0.05, 0) is 6.92 Å². The van der Waals surface area contributed by atoms with Crippen LogP contribution in [0.2, 0.25) is 0 Å². The zero-order chi connectivity index (χ0) is 17.4. The number of hydrogen-bond acceptors (Lipinski definition) is 7. The molecule has 0 aliphatic carbocycles. The fourth-order valence-electron chi connectivity index (χ4n) is 2.33. The van der Waals surface area contributed by atoms with Crippen LogP contribution in [0.15, 0.2) is 21.9 Å². The lowest BCUT2D eigenvalue weighted by atomic mass is 9.97. The lowest BCUT2D eigenvalue weighted by Crippen LogP contribution is -2.47. The molecule has 0 amide bonds. The fraction of sp³-hybridized carbons (Fsp3) is 0.636. The molecule has 1 aliphatic heterocycles. The van der Waals surface area contributed by atoms with Gasteiger partial charge in [0.2, 0.25) is 0 Å². The molecule has 0 radical (unpaired) electrons. The zero-order valence-electron chi connectivity index (χ0n) is 12.2. The topological polar surface area (TPSA) is 140 Å². The fourth-order valence-corrected chi connectivity index (χ4v) is 3.05. The minimum absolute atomic E-state index is 0.669. The number of H-pyrrole nitrogens is 1. The first-order valence-corrected chi connectivity index (χ1v) is 7.94. The number of halogens is 1. The van der Waals surface area contributed by atoms with Crippen molar-refractivity contribution in [1.82, 2.24) is 9.55 Å². The van der Waals surface area contributed by atoms with Crippen molar-refractivity contribution in [2.24, 2.45) is 0 Å². The summed E-state index contributed by atoms with van der Waals surface area (Å²) in [5, 5.41) is 10.6. The molecule has 0 aromatic carbocycles. The van der Waals surface area contributed by atoms with E-state index in [0.29, 0.717) is 0 Å². The van der Waals surface area contributed by atoms with Crippen molar-refractivity contribution in [3.05, 3.63) is 33.1 Å². The second-order valence-corrected chi connectivity index (χ2v) is 6.61. The van der Waals surface area contributed by atoms with Gasteiger partial charge in [0.05, 0.1) is 0 Å². The van der Waals surface area contributed by atoms with Crippen LogP contribution in [0, 0.1) is 0 Å². The summed E-state index contributed by atoms with van der Waals surface area (Å²) in [6.45, 7) is -0.00959. The van der Waals surface area contributed by atoms with Crippen LogP contribution in [0.4, 0.5) is 4.39 Å². The quantitative estimate of drug-likeness (QED) is 0.589. The monoisotopic (exact) mass is 354 g/mol. The lowest BCUT2D eigenvalue weighted by molar-refractivity contribution is -0.0971. The summed E-state index contributed by atoms with van der Waals surface area (Å²) >= 11 is 0. The number of aromatic nitrogens is 2. The Kier molecular flexibility index (Phi) is 4.90. The van der Waals surface area contributed by atoms with Crippen LogP contribution < -0.4 is 11.2 Å². The first-order chi connectivity index (χ1) is 10.6. The predicted molar refractivity (Wildman–Crippen MR) is 73.5 cm³/mol. The Morgan fingerprint density at radius 2 is 2.22 bits per heavy atom. The van der Waals surface area contributed by atoms with Crippen LogP contribution in [0.25, 0.3) is 0 Å². The first kappa shape index (κ1) is 18.0. The molecule has 1 aromatic heterocycles. The van der Waals surface area contributed by atoms with Crippen molar-refractivity contribution in [3.63, 3.8) is 0 Å². The number of alkyl halides is 1. The van der Waals surface area contributed by atoms with Crippen molar-refractivity contribution < 1.29 is 32.7 Å². The van der Waals surface area contributed by atoms with Crippen molar-refractivity contribution in [2.45, 2.75) is 31.0 Å². The summed E-state index contributed by atoms with van der Waals surface area (Å²) < 4.78 is 39.8. The molecule has 10 nitrogen and oxygen atoms in total. The number of ether oxygens (including phenoxy) is 1. The number of rotatable bonds is 5. The minimum atomic E-state index is -4.54. The highest BCUT2D eigenvalue weighted by molar-refractivity contribution is 7.47. The smallest absolute Gasteiger partial charge is 0.383 e. The van der Waals surface area contributed by atoms with E-state index >= 15 is 0 Å². The Bertz CT molecular complexity index is 731. The molecule has 1 aliphatic rings. The van der Waals surface area contributed by atoms with Gasteiger partial charge in [-0.25, -0.2) is 13.8 Å². The van der Waals surface area contributed by atoms with Gasteiger partial charge in [-0.1, -0.05) is 0 Å². The standard InChI is InChI=1S/C11H16FN2O8P/c1-11(17)8(22-23(18,19)20-2)6(5-12)21-9(11)14-4-3-7(15)13-10(14)16/h3-4,6,8-9,17H,5H2,1-2H3,(H,18,19)(H,13,15,16)/t6-,8+,9+,11+/m0/s1. The van der Waals surface area contributed by atoms with Crippen LogP contribution in [-0.2, 0) is 18.3 Å². The van der Waals surface area contributed by atoms with Crippen molar-refractivity contribution >= 4 is 7.82 Å². The van der Waals surface area contributed by atoms with Crippen LogP contribution in [-0.4, -0.2) is 51.1 Å². The molecule has 0 bridgehead atoms. The first-order valence-electron chi connectivity index (χ1n) is 6.44. The molecule has 23 heavy (non-hydrogen) atoms. The van der Waals surface area contributed by atoms with Crippen molar-refractivity contribution in [3.8, 4) is 0 Å². The molecule has 0 saturated carbocycles. The van der Waals surface area contributed by atoms with Crippen LogP contribution in [0.1, 0.15) is 13.2 Å². The maximum atomic E-state index is 13.2. The number of hydrogen-bond donors (Lipinski definition) is 3. The minimum Gasteiger partial charge on any atom is -0.383 e. The molecule has 12 heteroatoms. The third-order valence-electron chi connectivity index (χ3n) is 3.45. The maximum Gasteiger partial charge on any atom is 0.472 e. The highest BCUT2D eigenvalue weighted by atomic mass is 31.2. The Balaban J connectivity index is 2.42. The molecule has 1 fully saturated rings. The Labute approximate surface area is 129 Å². The molecular weight excluding hydrogens is 338 g/mol. The Morgan fingerprint density at radius 3 is 2.74 bits per heavy atom. The zero-order valence-corrected chi connectivity index (χ0v) is 13.1. The average molecular weight is 354 g/mol. The molecule has 1 saturated heterocycles. The largest absolute Gasteiger partial charge is 0.472 e. The summed E-state index contributed by atoms with van der Waals surface area (Å²) in [5.74, 6) is 0. The van der Waals surface area contributed by atoms with E-state index in [1.54, 1.807) is 0 Å². The summed E-state index contributed by atoms with van der Waals surface area (Å²) in [6.07, 6.45) is -3.42. The van der Waals surface area contributed by atoms with Crippen LogP contribution in [0.3, 0.4) is 0 Å². The SMILES string of the molecule is COP(=O)(O)O[C@@H]1[C@H](CF)O[C@@H](n2ccc(=O)[nH]c2=O)[C@]1(C)O. The van der Waals surface area contributed by atoms with Crippen molar-refractivity contribution in [1.29, 1.82) is 0 Å². The lowest BCUT2D eigenvalue weighted by Gasteiger charge is -2.30. The van der Waals surface area contributed by atoms with Gasteiger partial charge in [-0.15, -0.1) is 0 Å². The number of aromatic amines is 1. The number of nitrogens with one attached hydrogen (secondary N) is 1. The summed E-state index contributed by atoms with van der Waals surface area (Å²) in [5.41, 5.74) is -3.63. The molecular formula is C11H16FN2O8P. The van der Waals surface area contributed by atoms with Gasteiger partial charge >= 0.3 is 13.5 Å². The maximum absolute atomic E-state index is 13.2. The number of aliphatic hydroxyl groups is 1. The molecule has 2 heterocycles. The second kappa shape index (κ2) is 6.27. The molecule has 1 aromatic rings. The molecule has 5 atom stereocenters. The summed E-state index contributed by atoms with van der Waals surface area (Å²) in [6, 6.07) is 1.01. The van der Waals surface area contributed by atoms with Gasteiger partial charge < -0.3 is 14.7 Å². The molecule has 1 unspecified atom stereocenters. The van der Waals surface area contributed by atoms with E-state index < -0.39 is 49.8 Å². The number of phosphoric ester groups is 1. The highest BCUT2D eigenvalue weighted by Gasteiger charge is 2.57. The molecule has 130 valence electrons. The summed E-state index contributed by atoms with van der Waals surface area (Å²) in [7, 11) is -3.64. The van der Waals surface area contributed by atoms with E-state index in [1.807, 2.05) is 4.98 Å². The van der Waals surface area contributed by atoms with Crippen LogP contribution >= 0.6 is 7.82 Å². The van der Waals surface area contributed by atoms with E-state index in [-0.39, 0.29) is 0 Å². The average Bonchev–Trinajstić information content (AvgIpc) is 2.70. The highest BCUT2D eigenvalue weighted by Crippen LogP contribution is 2.50. The summed E-state index contributed by atoms with van der Waals surface area (Å²) in [4.78, 5) is 34.2. The molecule has 2 rings (SSSR count). The van der Waals surface area contributed by atoms with E-state index in [9.17, 15) is 28.5 Å². The molecule has 3 N–H and O–H groups in total. The van der Waals surface area contributed by atoms with E-state index in [1.165, 1.54) is 0 Å². The van der Waals surface area contributed by atoms with Gasteiger partial charge in [-0.2, -0.15) is 0 Å². The predicted octanol–water partition coefficient (Wildman–Crippen LogP) is -0.714. The Hall–Kier alpha value is -1.36. The van der Waals surface area contributed by atoms with Gasteiger partial charge in [0.15, 0.2) is 6.23 Å². The van der Waals surface area contributed by atoms with Gasteiger partial charge in [-0.3, -0.25) is 23.4 Å². The van der Waals surface area contributed by atoms with Gasteiger partial charge in [0, 0.05) is 19.4 Å². The van der Waals surface area contributed by atoms with Crippen LogP contribution in [0.5, 0.6) is 0 Å². The van der Waals surface area contributed by atoms with Gasteiger partial charge in [0.1, 0.15) is 24.5 Å². The third-order valence-corrected chi connectivity index (χ3v) is 4.41. The van der Waals surface area contributed by atoms with E-state index in [2.05, 4.69) is 4.52 Å². The third kappa shape index (κ3) is 3.44. The number of nitrogens with zero attached hydrogens (tertiary/aromatic N) is 1. The van der Waals surface area contributed by atoms with E-state index in [0.717, 1.165) is 30.9 Å². The Morgan fingerprint density at radius 1 is 1.57 bits per heavy atom. The normalized spacial score (nSPS) is 33.5. The van der Waals surface area contributed by atoms with Crippen molar-refractivity contribution in [2.75, 3.05) is 13.8 Å². The number of phosphoric acid groups is 1. The van der Waals surface area contributed by atoms with E-state index in [4.69, 9.17) is 9.26 Å². The molecule has 0 spiro atoms. The van der Waals surface area contributed by atoms with Gasteiger partial charge in [0.25, 0.3) is 5.56 Å².